The predicted molar refractivity (Wildman–Crippen MR) is 110 cm³/mol. The fraction of sp³-hybridized carbons (Fsp3) is 0.389. The number of rotatable bonds is 6. The minimum absolute atomic E-state index is 0.196. The molecule has 10 heteroatoms. The number of ether oxygens (including phenoxy) is 1. The Bertz CT molecular complexity index is 843. The van der Waals surface area contributed by atoms with Crippen molar-refractivity contribution in [3.63, 3.8) is 0 Å². The largest absolute Gasteiger partial charge is 0.466 e. The summed E-state index contributed by atoms with van der Waals surface area (Å²) in [4.78, 5) is 32.9. The first-order valence-electron chi connectivity index (χ1n) is 8.99. The lowest BCUT2D eigenvalue weighted by Crippen LogP contribution is -2.49. The zero-order chi connectivity index (χ0) is 19.9. The van der Waals surface area contributed by atoms with Gasteiger partial charge in [0.05, 0.1) is 13.0 Å². The quantitative estimate of drug-likeness (QED) is 0.563. The van der Waals surface area contributed by atoms with Crippen LogP contribution >= 0.6 is 23.6 Å². The molecule has 0 aromatic carbocycles. The van der Waals surface area contributed by atoms with Gasteiger partial charge in [-0.2, -0.15) is 0 Å². The van der Waals surface area contributed by atoms with Crippen molar-refractivity contribution in [1.82, 2.24) is 25.3 Å². The van der Waals surface area contributed by atoms with E-state index in [4.69, 9.17) is 17.0 Å². The highest BCUT2D eigenvalue weighted by atomic mass is 32.1. The van der Waals surface area contributed by atoms with Crippen LogP contribution in [-0.4, -0.2) is 63.2 Å². The van der Waals surface area contributed by atoms with Gasteiger partial charge in [-0.25, -0.2) is 9.99 Å². The van der Waals surface area contributed by atoms with Gasteiger partial charge >= 0.3 is 5.97 Å². The number of nitrogens with zero attached hydrogens (tertiary/aromatic N) is 4. The van der Waals surface area contributed by atoms with E-state index in [-0.39, 0.29) is 18.3 Å². The molecule has 8 nitrogen and oxygen atoms in total. The summed E-state index contributed by atoms with van der Waals surface area (Å²) in [5, 5.41) is 9.26. The van der Waals surface area contributed by atoms with Gasteiger partial charge in [0.2, 0.25) is 0 Å². The number of hydrazine groups is 1. The van der Waals surface area contributed by atoms with Gasteiger partial charge in [-0.1, -0.05) is 0 Å². The molecule has 3 rings (SSSR count). The van der Waals surface area contributed by atoms with E-state index < -0.39 is 0 Å². The van der Waals surface area contributed by atoms with Gasteiger partial charge in [0.1, 0.15) is 10.7 Å². The summed E-state index contributed by atoms with van der Waals surface area (Å²) in [6.07, 6.45) is 4.44. The van der Waals surface area contributed by atoms with Crippen LogP contribution in [-0.2, 0) is 9.53 Å². The van der Waals surface area contributed by atoms with Crippen molar-refractivity contribution in [3.05, 3.63) is 35.6 Å². The Hall–Kier alpha value is -2.59. The van der Waals surface area contributed by atoms with E-state index in [1.807, 2.05) is 12.1 Å². The van der Waals surface area contributed by atoms with Crippen LogP contribution < -0.4 is 5.32 Å². The third-order valence-corrected chi connectivity index (χ3v) is 5.29. The van der Waals surface area contributed by atoms with Crippen molar-refractivity contribution in [2.24, 2.45) is 0 Å². The van der Waals surface area contributed by atoms with E-state index in [0.29, 0.717) is 37.0 Å². The summed E-state index contributed by atoms with van der Waals surface area (Å²) in [6.45, 7) is 3.68. The molecule has 0 atom stereocenters. The standard InChI is InChI=1S/C18H21N5O3S2/c1-2-26-15(24)6-8-20-18(27)23-10-4-9-22(23)17(25)14-12-28-16(21-14)13-5-3-7-19-11-13/h3,5,7,11-12H,2,4,6,8-10H2,1H3,(H,20,27). The SMILES string of the molecule is CCOC(=O)CCNC(=S)N1CCCN1C(=O)c1csc(-c2cccnc2)n1. The second kappa shape index (κ2) is 9.56. The Labute approximate surface area is 172 Å². The molecule has 0 saturated carbocycles. The summed E-state index contributed by atoms with van der Waals surface area (Å²) in [6, 6.07) is 3.74. The molecule has 2 aromatic heterocycles. The minimum Gasteiger partial charge on any atom is -0.466 e. The number of carbonyl (C=O) groups excluding carboxylic acids is 2. The van der Waals surface area contributed by atoms with Crippen molar-refractivity contribution in [2.75, 3.05) is 26.2 Å². The van der Waals surface area contributed by atoms with Gasteiger partial charge in [-0.3, -0.25) is 19.6 Å². The number of carbonyl (C=O) groups is 2. The average Bonchev–Trinajstić information content (AvgIpc) is 3.38. The first kappa shape index (κ1) is 20.2. The Morgan fingerprint density at radius 1 is 1.36 bits per heavy atom. The number of hydrogen-bond donors (Lipinski definition) is 1. The summed E-state index contributed by atoms with van der Waals surface area (Å²) in [7, 11) is 0. The van der Waals surface area contributed by atoms with Gasteiger partial charge in [0.15, 0.2) is 5.11 Å². The second-order valence-electron chi connectivity index (χ2n) is 5.97. The van der Waals surface area contributed by atoms with Crippen LogP contribution in [0.1, 0.15) is 30.3 Å². The van der Waals surface area contributed by atoms with Crippen LogP contribution in [0.2, 0.25) is 0 Å². The maximum Gasteiger partial charge on any atom is 0.307 e. The highest BCUT2D eigenvalue weighted by Crippen LogP contribution is 2.24. The van der Waals surface area contributed by atoms with Gasteiger partial charge in [0, 0.05) is 43.0 Å². The number of thiazole rings is 1. The Kier molecular flexibility index (Phi) is 6.88. The molecule has 1 amide bonds. The van der Waals surface area contributed by atoms with Gasteiger partial charge < -0.3 is 10.1 Å². The number of nitrogens with one attached hydrogen (secondary N) is 1. The molecule has 1 aliphatic heterocycles. The van der Waals surface area contributed by atoms with Crippen molar-refractivity contribution in [3.8, 4) is 10.6 Å². The molecule has 0 bridgehead atoms. The number of aromatic nitrogens is 2. The molecule has 28 heavy (non-hydrogen) atoms. The lowest BCUT2D eigenvalue weighted by atomic mass is 10.3. The number of pyridine rings is 1. The lowest BCUT2D eigenvalue weighted by molar-refractivity contribution is -0.142. The fourth-order valence-corrected chi connectivity index (χ4v) is 3.83. The van der Waals surface area contributed by atoms with Gasteiger partial charge in [-0.15, -0.1) is 11.3 Å². The molecular weight excluding hydrogens is 398 g/mol. The summed E-state index contributed by atoms with van der Waals surface area (Å²) in [5.41, 5.74) is 1.26. The molecule has 0 aliphatic carbocycles. The third kappa shape index (κ3) is 4.82. The zero-order valence-corrected chi connectivity index (χ0v) is 17.1. The first-order chi connectivity index (χ1) is 13.6. The van der Waals surface area contributed by atoms with Crippen LogP contribution in [0.25, 0.3) is 10.6 Å². The number of thiocarbonyl (C=S) groups is 1. The molecule has 3 heterocycles. The van der Waals surface area contributed by atoms with E-state index in [9.17, 15) is 9.59 Å². The topological polar surface area (TPSA) is 87.7 Å². The van der Waals surface area contributed by atoms with Crippen molar-refractivity contribution >= 4 is 40.5 Å². The number of amides is 1. The van der Waals surface area contributed by atoms with Crippen LogP contribution in [0.5, 0.6) is 0 Å². The first-order valence-corrected chi connectivity index (χ1v) is 10.3. The van der Waals surface area contributed by atoms with Crippen LogP contribution in [0.4, 0.5) is 0 Å². The van der Waals surface area contributed by atoms with Crippen LogP contribution in [0.15, 0.2) is 29.9 Å². The molecule has 148 valence electrons. The van der Waals surface area contributed by atoms with Gasteiger partial charge in [-0.05, 0) is 37.7 Å². The Morgan fingerprint density at radius 3 is 2.93 bits per heavy atom. The summed E-state index contributed by atoms with van der Waals surface area (Å²) >= 11 is 6.81. The summed E-state index contributed by atoms with van der Waals surface area (Å²) < 4.78 is 4.89. The van der Waals surface area contributed by atoms with E-state index in [1.165, 1.54) is 11.3 Å². The number of esters is 1. The Balaban J connectivity index is 1.61. The monoisotopic (exact) mass is 419 g/mol. The normalized spacial score (nSPS) is 13.5. The molecule has 1 fully saturated rings. The molecule has 1 N–H and O–H groups in total. The smallest absolute Gasteiger partial charge is 0.307 e. The summed E-state index contributed by atoms with van der Waals surface area (Å²) in [5.74, 6) is -0.476. The highest BCUT2D eigenvalue weighted by molar-refractivity contribution is 7.80. The fourth-order valence-electron chi connectivity index (χ4n) is 2.76. The second-order valence-corrected chi connectivity index (χ2v) is 7.22. The van der Waals surface area contributed by atoms with E-state index in [1.54, 1.807) is 34.7 Å². The van der Waals surface area contributed by atoms with Crippen molar-refractivity contribution in [2.45, 2.75) is 19.8 Å². The van der Waals surface area contributed by atoms with Crippen molar-refractivity contribution < 1.29 is 14.3 Å². The van der Waals surface area contributed by atoms with E-state index >= 15 is 0 Å². The molecule has 1 aliphatic rings. The molecule has 1 saturated heterocycles. The van der Waals surface area contributed by atoms with Crippen LogP contribution in [0.3, 0.4) is 0 Å². The predicted octanol–water partition coefficient (Wildman–Crippen LogP) is 2.10. The molecular formula is C18H21N5O3S2. The molecule has 0 spiro atoms. The third-order valence-electron chi connectivity index (χ3n) is 4.04. The highest BCUT2D eigenvalue weighted by Gasteiger charge is 2.30. The van der Waals surface area contributed by atoms with Crippen LogP contribution in [0, 0.1) is 0 Å². The van der Waals surface area contributed by atoms with Gasteiger partial charge in [0.25, 0.3) is 5.91 Å². The molecule has 0 unspecified atom stereocenters. The average molecular weight is 420 g/mol. The molecule has 0 radical (unpaired) electrons. The van der Waals surface area contributed by atoms with Crippen molar-refractivity contribution in [1.29, 1.82) is 0 Å². The van der Waals surface area contributed by atoms with E-state index in [0.717, 1.165) is 17.0 Å². The van der Waals surface area contributed by atoms with E-state index in [2.05, 4.69) is 15.3 Å². The zero-order valence-electron chi connectivity index (χ0n) is 15.5. The minimum atomic E-state index is -0.280. The maximum absolute atomic E-state index is 12.9. The number of hydrogen-bond acceptors (Lipinski definition) is 7. The maximum atomic E-state index is 12.9. The Morgan fingerprint density at radius 2 is 2.18 bits per heavy atom. The molecule has 2 aromatic rings. The lowest BCUT2D eigenvalue weighted by Gasteiger charge is -2.29.